The predicted molar refractivity (Wildman–Crippen MR) is 108 cm³/mol. The second-order valence-corrected chi connectivity index (χ2v) is 7.17. The molecule has 1 heterocycles. The lowest BCUT2D eigenvalue weighted by Gasteiger charge is -2.14. The minimum atomic E-state index is -0.482. The zero-order valence-electron chi connectivity index (χ0n) is 15.9. The van der Waals surface area contributed by atoms with E-state index >= 15 is 0 Å². The van der Waals surface area contributed by atoms with Crippen molar-refractivity contribution in [2.45, 2.75) is 13.8 Å². The van der Waals surface area contributed by atoms with Crippen LogP contribution >= 0.6 is 11.6 Å². The van der Waals surface area contributed by atoms with Gasteiger partial charge >= 0.3 is 0 Å². The number of ether oxygens (including phenoxy) is 2. The molecule has 0 spiro atoms. The van der Waals surface area contributed by atoms with Crippen LogP contribution in [0.5, 0.6) is 11.5 Å². The number of anilines is 1. The van der Waals surface area contributed by atoms with E-state index in [9.17, 15) is 9.59 Å². The molecule has 0 aromatic heterocycles. The first-order valence-corrected chi connectivity index (χ1v) is 9.20. The number of halogens is 1. The Balaban J connectivity index is 1.86. The fourth-order valence-electron chi connectivity index (χ4n) is 2.67. The van der Waals surface area contributed by atoms with Crippen molar-refractivity contribution in [3.05, 3.63) is 58.6 Å². The van der Waals surface area contributed by atoms with Crippen molar-refractivity contribution in [3.8, 4) is 11.5 Å². The number of methoxy groups -OCH3 is 1. The van der Waals surface area contributed by atoms with Gasteiger partial charge in [0.25, 0.3) is 11.8 Å². The van der Waals surface area contributed by atoms with Crippen LogP contribution in [0.4, 0.5) is 5.69 Å². The highest BCUT2D eigenvalue weighted by Gasteiger charge is 2.34. The number of hydrogen-bond acceptors (Lipinski definition) is 4. The molecular formula is C21H21ClN2O4. The van der Waals surface area contributed by atoms with E-state index < -0.39 is 11.8 Å². The van der Waals surface area contributed by atoms with Gasteiger partial charge in [0.1, 0.15) is 5.57 Å². The zero-order chi connectivity index (χ0) is 20.3. The Labute approximate surface area is 168 Å². The largest absolute Gasteiger partial charge is 0.493 e. The summed E-state index contributed by atoms with van der Waals surface area (Å²) in [5, 5.41) is 1.65. The third-order valence-corrected chi connectivity index (χ3v) is 4.26. The lowest BCUT2D eigenvalue weighted by atomic mass is 10.1. The minimum absolute atomic E-state index is 0.0258. The standard InChI is InChI=1S/C21H21ClN2O4/c1-13(2)12-28-18-8-7-14(10-19(18)27-3)9-17-20(25)23-24(21(17)26)16-6-4-5-15(22)11-16/h4-11,13H,12H2,1-3H3,(H,23,25)/b17-9-. The molecule has 0 aliphatic carbocycles. The first-order chi connectivity index (χ1) is 13.4. The second-order valence-electron chi connectivity index (χ2n) is 6.73. The Kier molecular flexibility index (Phi) is 5.90. The van der Waals surface area contributed by atoms with Gasteiger partial charge in [-0.05, 0) is 47.9 Å². The lowest BCUT2D eigenvalue weighted by Crippen LogP contribution is -2.35. The fourth-order valence-corrected chi connectivity index (χ4v) is 2.86. The molecule has 6 nitrogen and oxygen atoms in total. The second kappa shape index (κ2) is 8.35. The van der Waals surface area contributed by atoms with Crippen LogP contribution in [-0.2, 0) is 9.59 Å². The summed E-state index contributed by atoms with van der Waals surface area (Å²) in [5.74, 6) is 0.591. The van der Waals surface area contributed by atoms with Crippen LogP contribution < -0.4 is 19.9 Å². The number of nitrogens with zero attached hydrogens (tertiary/aromatic N) is 1. The van der Waals surface area contributed by atoms with Crippen molar-refractivity contribution in [1.82, 2.24) is 5.43 Å². The van der Waals surface area contributed by atoms with Gasteiger partial charge in [0.05, 0.1) is 19.4 Å². The number of hydrogen-bond donors (Lipinski definition) is 1. The molecule has 1 aliphatic rings. The van der Waals surface area contributed by atoms with Crippen LogP contribution in [0.3, 0.4) is 0 Å². The minimum Gasteiger partial charge on any atom is -0.493 e. The van der Waals surface area contributed by atoms with Crippen molar-refractivity contribution in [2.75, 3.05) is 18.7 Å². The molecule has 0 radical (unpaired) electrons. The number of hydrazine groups is 1. The number of nitrogens with one attached hydrogen (secondary N) is 1. The number of benzene rings is 2. The highest BCUT2D eigenvalue weighted by molar-refractivity contribution is 6.33. The normalized spacial score (nSPS) is 15.3. The highest BCUT2D eigenvalue weighted by atomic mass is 35.5. The Hall–Kier alpha value is -2.99. The van der Waals surface area contributed by atoms with Gasteiger partial charge in [-0.25, -0.2) is 5.01 Å². The van der Waals surface area contributed by atoms with Crippen molar-refractivity contribution in [2.24, 2.45) is 5.92 Å². The molecular weight excluding hydrogens is 380 g/mol. The summed E-state index contributed by atoms with van der Waals surface area (Å²) in [5.41, 5.74) is 3.72. The Morgan fingerprint density at radius 3 is 2.61 bits per heavy atom. The number of amides is 2. The van der Waals surface area contributed by atoms with Crippen molar-refractivity contribution >= 4 is 35.2 Å². The summed E-state index contributed by atoms with van der Waals surface area (Å²) < 4.78 is 11.1. The summed E-state index contributed by atoms with van der Waals surface area (Å²) in [4.78, 5) is 25.0. The van der Waals surface area contributed by atoms with Crippen LogP contribution in [-0.4, -0.2) is 25.5 Å². The average Bonchev–Trinajstić information content (AvgIpc) is 2.95. The third-order valence-electron chi connectivity index (χ3n) is 4.03. The van der Waals surface area contributed by atoms with Gasteiger partial charge in [0, 0.05) is 5.02 Å². The predicted octanol–water partition coefficient (Wildman–Crippen LogP) is 3.84. The molecule has 146 valence electrons. The van der Waals surface area contributed by atoms with Crippen molar-refractivity contribution in [1.29, 1.82) is 0 Å². The maximum absolute atomic E-state index is 12.7. The maximum Gasteiger partial charge on any atom is 0.282 e. The molecule has 0 bridgehead atoms. The summed E-state index contributed by atoms with van der Waals surface area (Å²) in [7, 11) is 1.54. The van der Waals surface area contributed by atoms with Gasteiger partial charge < -0.3 is 9.47 Å². The van der Waals surface area contributed by atoms with Gasteiger partial charge in [0.2, 0.25) is 0 Å². The van der Waals surface area contributed by atoms with Crippen molar-refractivity contribution in [3.63, 3.8) is 0 Å². The van der Waals surface area contributed by atoms with E-state index in [0.29, 0.717) is 40.3 Å². The molecule has 0 unspecified atom stereocenters. The summed E-state index contributed by atoms with van der Waals surface area (Å²) in [6.07, 6.45) is 1.52. The van der Waals surface area contributed by atoms with Crippen molar-refractivity contribution < 1.29 is 19.1 Å². The van der Waals surface area contributed by atoms with E-state index in [1.54, 1.807) is 49.6 Å². The van der Waals surface area contributed by atoms with E-state index in [2.05, 4.69) is 19.3 Å². The molecule has 28 heavy (non-hydrogen) atoms. The van der Waals surface area contributed by atoms with Crippen LogP contribution in [0, 0.1) is 5.92 Å². The first-order valence-electron chi connectivity index (χ1n) is 8.82. The lowest BCUT2D eigenvalue weighted by molar-refractivity contribution is -0.117. The molecule has 0 atom stereocenters. The van der Waals surface area contributed by atoms with Crippen LogP contribution in [0.25, 0.3) is 6.08 Å². The highest BCUT2D eigenvalue weighted by Crippen LogP contribution is 2.30. The monoisotopic (exact) mass is 400 g/mol. The Morgan fingerprint density at radius 2 is 1.93 bits per heavy atom. The van der Waals surface area contributed by atoms with Gasteiger partial charge in [0.15, 0.2) is 11.5 Å². The van der Waals surface area contributed by atoms with Crippen LogP contribution in [0.1, 0.15) is 19.4 Å². The molecule has 2 aromatic carbocycles. The maximum atomic E-state index is 12.7. The first kappa shape index (κ1) is 19.8. The third kappa shape index (κ3) is 4.28. The average molecular weight is 401 g/mol. The van der Waals surface area contributed by atoms with E-state index in [1.165, 1.54) is 11.1 Å². The smallest absolute Gasteiger partial charge is 0.282 e. The summed E-state index contributed by atoms with van der Waals surface area (Å²) in [6.45, 7) is 4.68. The molecule has 2 aromatic rings. The number of carbonyl (C=O) groups is 2. The molecule has 0 saturated carbocycles. The topological polar surface area (TPSA) is 67.9 Å². The molecule has 7 heteroatoms. The molecule has 2 amide bonds. The van der Waals surface area contributed by atoms with Crippen LogP contribution in [0.2, 0.25) is 5.02 Å². The van der Waals surface area contributed by atoms with E-state index in [1.807, 2.05) is 0 Å². The van der Waals surface area contributed by atoms with Gasteiger partial charge in [-0.1, -0.05) is 37.6 Å². The summed E-state index contributed by atoms with van der Waals surface area (Å²) in [6, 6.07) is 12.0. The van der Waals surface area contributed by atoms with E-state index in [-0.39, 0.29) is 5.57 Å². The van der Waals surface area contributed by atoms with Gasteiger partial charge in [-0.15, -0.1) is 0 Å². The zero-order valence-corrected chi connectivity index (χ0v) is 16.6. The fraction of sp³-hybridized carbons (Fsp3) is 0.238. The Bertz CT molecular complexity index is 940. The number of rotatable bonds is 6. The van der Waals surface area contributed by atoms with Gasteiger partial charge in [-0.3, -0.25) is 15.0 Å². The summed E-state index contributed by atoms with van der Waals surface area (Å²) >= 11 is 5.98. The van der Waals surface area contributed by atoms with Gasteiger partial charge in [-0.2, -0.15) is 0 Å². The molecule has 1 saturated heterocycles. The quantitative estimate of drug-likeness (QED) is 0.590. The molecule has 1 N–H and O–H groups in total. The SMILES string of the molecule is COc1cc(/C=C2/C(=O)NN(c3cccc(Cl)c3)C2=O)ccc1OCC(C)C. The van der Waals surface area contributed by atoms with E-state index in [0.717, 1.165) is 0 Å². The van der Waals surface area contributed by atoms with E-state index in [4.69, 9.17) is 21.1 Å². The molecule has 1 fully saturated rings. The number of carbonyl (C=O) groups excluding carboxylic acids is 2. The molecule has 3 rings (SSSR count). The Morgan fingerprint density at radius 1 is 1.14 bits per heavy atom. The van der Waals surface area contributed by atoms with Crippen LogP contribution in [0.15, 0.2) is 48.0 Å². The molecule has 1 aliphatic heterocycles.